The molecule has 1 saturated heterocycles. The maximum atomic E-state index is 14.4. The van der Waals surface area contributed by atoms with Crippen molar-refractivity contribution in [2.45, 2.75) is 25.3 Å². The molecule has 0 bridgehead atoms. The van der Waals surface area contributed by atoms with Crippen LogP contribution in [-0.2, 0) is 11.2 Å². The van der Waals surface area contributed by atoms with Gasteiger partial charge < -0.3 is 15.7 Å². The summed E-state index contributed by atoms with van der Waals surface area (Å²) in [6, 6.07) is 10.0. The number of aromatic nitrogens is 4. The molecule has 3 N–H and O–H groups in total. The lowest BCUT2D eigenvalue weighted by Gasteiger charge is -2.42. The zero-order valence-corrected chi connectivity index (χ0v) is 18.8. The average molecular weight is 479 g/mol. The van der Waals surface area contributed by atoms with Crippen LogP contribution < -0.4 is 10.6 Å². The molecule has 1 atom stereocenters. The van der Waals surface area contributed by atoms with Crippen LogP contribution in [0.3, 0.4) is 0 Å². The number of fused-ring (bicyclic) bond motifs is 2. The van der Waals surface area contributed by atoms with Crippen molar-refractivity contribution >= 4 is 17.8 Å². The topological polar surface area (TPSA) is 110 Å². The van der Waals surface area contributed by atoms with Crippen LogP contribution in [0.15, 0.2) is 55.0 Å². The number of carbonyl (C=O) groups is 1. The summed E-state index contributed by atoms with van der Waals surface area (Å²) in [6.07, 6.45) is 7.84. The number of nitrogens with two attached hydrogens (primary N) is 1. The molecular formula is C25H24F2N6O2. The average Bonchev–Trinajstić information content (AvgIpc) is 3.46. The molecule has 0 unspecified atom stereocenters. The third-order valence-electron chi connectivity index (χ3n) is 7.14. The van der Waals surface area contributed by atoms with Gasteiger partial charge in [0.15, 0.2) is 17.5 Å². The van der Waals surface area contributed by atoms with Gasteiger partial charge in [0.1, 0.15) is 5.52 Å². The fourth-order valence-corrected chi connectivity index (χ4v) is 5.34. The minimum absolute atomic E-state index is 0.00498. The number of pyridine rings is 1. The Labute approximate surface area is 200 Å². The van der Waals surface area contributed by atoms with Crippen LogP contribution in [0.25, 0.3) is 16.8 Å². The van der Waals surface area contributed by atoms with E-state index >= 15 is 0 Å². The van der Waals surface area contributed by atoms with Gasteiger partial charge in [0, 0.05) is 36.6 Å². The van der Waals surface area contributed by atoms with Gasteiger partial charge in [0.2, 0.25) is 0 Å². The lowest BCUT2D eigenvalue weighted by Crippen LogP contribution is -2.44. The van der Waals surface area contributed by atoms with Crippen LogP contribution >= 0.6 is 0 Å². The molecule has 4 heterocycles. The van der Waals surface area contributed by atoms with Gasteiger partial charge in [-0.3, -0.25) is 9.78 Å². The molecule has 2 aliphatic rings. The van der Waals surface area contributed by atoms with Gasteiger partial charge in [-0.05, 0) is 54.5 Å². The van der Waals surface area contributed by atoms with E-state index in [2.05, 4.69) is 26.0 Å². The van der Waals surface area contributed by atoms with Crippen molar-refractivity contribution in [3.8, 4) is 11.3 Å². The number of hydrogen-bond donors (Lipinski definition) is 2. The summed E-state index contributed by atoms with van der Waals surface area (Å²) < 4.78 is 29.8. The predicted octanol–water partition coefficient (Wildman–Crippen LogP) is 3.61. The first-order chi connectivity index (χ1) is 17.0. The Bertz CT molecular complexity index is 1380. The molecule has 6 rings (SSSR count). The van der Waals surface area contributed by atoms with Crippen molar-refractivity contribution in [3.63, 3.8) is 0 Å². The Morgan fingerprint density at radius 2 is 1.86 bits per heavy atom. The number of nitrogens with zero attached hydrogens (tertiary/aromatic N) is 5. The summed E-state index contributed by atoms with van der Waals surface area (Å²) in [4.78, 5) is 19.8. The second-order valence-electron chi connectivity index (χ2n) is 8.85. The summed E-state index contributed by atoms with van der Waals surface area (Å²) in [5.41, 5.74) is 10.3. The Kier molecular flexibility index (Phi) is 5.89. The molecule has 1 fully saturated rings. The highest BCUT2D eigenvalue weighted by molar-refractivity contribution is 5.74. The van der Waals surface area contributed by atoms with Crippen LogP contribution in [0.2, 0.25) is 0 Å². The molecule has 1 aromatic carbocycles. The summed E-state index contributed by atoms with van der Waals surface area (Å²) >= 11 is 0. The van der Waals surface area contributed by atoms with E-state index in [-0.39, 0.29) is 23.5 Å². The second-order valence-corrected chi connectivity index (χ2v) is 8.85. The van der Waals surface area contributed by atoms with Gasteiger partial charge in [0.25, 0.3) is 6.47 Å². The van der Waals surface area contributed by atoms with Crippen molar-refractivity contribution in [1.29, 1.82) is 0 Å². The number of halogens is 2. The van der Waals surface area contributed by atoms with Crippen LogP contribution in [-0.4, -0.2) is 44.3 Å². The second kappa shape index (κ2) is 9.03. The molecule has 4 aromatic rings. The van der Waals surface area contributed by atoms with Gasteiger partial charge in [-0.25, -0.2) is 18.3 Å². The van der Waals surface area contributed by atoms with Crippen molar-refractivity contribution in [2.75, 3.05) is 18.0 Å². The number of benzene rings is 1. The third kappa shape index (κ3) is 3.79. The predicted molar refractivity (Wildman–Crippen MR) is 126 cm³/mol. The zero-order chi connectivity index (χ0) is 24.6. The SMILES string of the molecule is N[C@@H]1c2cccnc2CC12CCN(c1ncc(-c3cccc(F)c3F)n3nccc13)CC2.O=CO. The normalized spacial score (nSPS) is 18.3. The number of piperidine rings is 1. The van der Waals surface area contributed by atoms with E-state index in [1.165, 1.54) is 17.7 Å². The van der Waals surface area contributed by atoms with E-state index in [9.17, 15) is 8.78 Å². The first-order valence-electron chi connectivity index (χ1n) is 11.3. The molecule has 8 nitrogen and oxygen atoms in total. The van der Waals surface area contributed by atoms with E-state index in [1.807, 2.05) is 18.3 Å². The molecule has 35 heavy (non-hydrogen) atoms. The summed E-state index contributed by atoms with van der Waals surface area (Å²) in [5.74, 6) is -1.00. The molecule has 3 aromatic heterocycles. The van der Waals surface area contributed by atoms with Crippen LogP contribution in [0.4, 0.5) is 14.6 Å². The van der Waals surface area contributed by atoms with E-state index in [1.54, 1.807) is 16.9 Å². The van der Waals surface area contributed by atoms with Gasteiger partial charge in [-0.1, -0.05) is 12.1 Å². The molecule has 0 saturated carbocycles. The highest BCUT2D eigenvalue weighted by atomic mass is 19.2. The fourth-order valence-electron chi connectivity index (χ4n) is 5.34. The van der Waals surface area contributed by atoms with Gasteiger partial charge in [-0.2, -0.15) is 5.10 Å². The largest absolute Gasteiger partial charge is 0.483 e. The summed E-state index contributed by atoms with van der Waals surface area (Å²) in [7, 11) is 0. The Hall–Kier alpha value is -3.92. The van der Waals surface area contributed by atoms with Crippen molar-refractivity contribution in [1.82, 2.24) is 19.6 Å². The Morgan fingerprint density at radius 1 is 1.09 bits per heavy atom. The van der Waals surface area contributed by atoms with Crippen molar-refractivity contribution < 1.29 is 18.7 Å². The molecule has 1 spiro atoms. The lowest BCUT2D eigenvalue weighted by atomic mass is 9.73. The minimum atomic E-state index is -0.901. The van der Waals surface area contributed by atoms with E-state index in [0.29, 0.717) is 5.69 Å². The molecule has 1 aliphatic carbocycles. The fraction of sp³-hybridized carbons (Fsp3) is 0.280. The number of hydrogen-bond acceptors (Lipinski definition) is 6. The van der Waals surface area contributed by atoms with E-state index < -0.39 is 11.6 Å². The van der Waals surface area contributed by atoms with Crippen LogP contribution in [0.5, 0.6) is 0 Å². The van der Waals surface area contributed by atoms with Crippen molar-refractivity contribution in [2.24, 2.45) is 11.1 Å². The zero-order valence-electron chi connectivity index (χ0n) is 18.8. The summed E-state index contributed by atoms with van der Waals surface area (Å²) in [6.45, 7) is 1.37. The molecular weight excluding hydrogens is 454 g/mol. The Balaban J connectivity index is 0.000000806. The highest BCUT2D eigenvalue weighted by Gasteiger charge is 2.46. The van der Waals surface area contributed by atoms with Gasteiger partial charge >= 0.3 is 0 Å². The lowest BCUT2D eigenvalue weighted by molar-refractivity contribution is -0.122. The maximum Gasteiger partial charge on any atom is 0.290 e. The first-order valence-corrected chi connectivity index (χ1v) is 11.3. The van der Waals surface area contributed by atoms with Crippen LogP contribution in [0.1, 0.15) is 30.1 Å². The Morgan fingerprint density at radius 3 is 2.60 bits per heavy atom. The van der Waals surface area contributed by atoms with E-state index in [0.717, 1.165) is 55.4 Å². The number of carboxylic acid groups (broad SMARTS) is 1. The molecule has 0 radical (unpaired) electrons. The number of rotatable bonds is 2. The number of anilines is 1. The smallest absolute Gasteiger partial charge is 0.290 e. The molecule has 10 heteroatoms. The monoisotopic (exact) mass is 478 g/mol. The van der Waals surface area contributed by atoms with E-state index in [4.69, 9.17) is 15.6 Å². The molecule has 0 amide bonds. The van der Waals surface area contributed by atoms with Crippen molar-refractivity contribution in [3.05, 3.63) is 77.9 Å². The van der Waals surface area contributed by atoms with Crippen LogP contribution in [0, 0.1) is 17.0 Å². The highest BCUT2D eigenvalue weighted by Crippen LogP contribution is 2.50. The summed E-state index contributed by atoms with van der Waals surface area (Å²) in [5, 5.41) is 11.3. The van der Waals surface area contributed by atoms with Gasteiger partial charge in [0.05, 0.1) is 18.1 Å². The minimum Gasteiger partial charge on any atom is -0.483 e. The van der Waals surface area contributed by atoms with Gasteiger partial charge in [-0.15, -0.1) is 0 Å². The maximum absolute atomic E-state index is 14.4. The first kappa shape index (κ1) is 22.9. The third-order valence-corrected chi connectivity index (χ3v) is 7.14. The standard InChI is InChI=1S/C24H22F2N6.CH2O2/c25-17-5-1-3-16(21(17)26)20-14-29-23(19-6-10-30-32(19)20)31-11-7-24(8-12-31)13-18-15(22(24)27)4-2-9-28-18;2-1-3/h1-6,9-10,14,22H,7-8,11-13,27H2;1H,(H,2,3)/t22-;/m1./s1. The molecule has 180 valence electrons. The molecule has 1 aliphatic heterocycles. The quantitative estimate of drug-likeness (QED) is 0.424.